The van der Waals surface area contributed by atoms with Gasteiger partial charge >= 0.3 is 0 Å². The minimum atomic E-state index is -0.184. The number of amides is 1. The molecule has 106 valence electrons. The van der Waals surface area contributed by atoms with Crippen molar-refractivity contribution in [2.24, 2.45) is 0 Å². The van der Waals surface area contributed by atoms with Gasteiger partial charge in [-0.3, -0.25) is 4.79 Å². The van der Waals surface area contributed by atoms with Crippen LogP contribution in [0, 0.1) is 6.92 Å². The predicted molar refractivity (Wildman–Crippen MR) is 77.4 cm³/mol. The summed E-state index contributed by atoms with van der Waals surface area (Å²) in [5.41, 5.74) is 1.50. The molecule has 4 nitrogen and oxygen atoms in total. The van der Waals surface area contributed by atoms with Gasteiger partial charge in [0.25, 0.3) is 5.91 Å². The van der Waals surface area contributed by atoms with Crippen LogP contribution in [0.15, 0.2) is 41.0 Å². The molecule has 0 saturated carbocycles. The fourth-order valence-corrected chi connectivity index (χ4v) is 1.95. The maximum Gasteiger partial charge on any atom is 0.258 e. The van der Waals surface area contributed by atoms with Gasteiger partial charge in [-0.1, -0.05) is 12.1 Å². The Bertz CT molecular complexity index is 594. The number of ether oxygens (including phenoxy) is 1. The quantitative estimate of drug-likeness (QED) is 0.848. The highest BCUT2D eigenvalue weighted by Crippen LogP contribution is 2.18. The Labute approximate surface area is 122 Å². The number of nitrogens with zero attached hydrogens (tertiary/aromatic N) is 1. The molecule has 0 aliphatic rings. The molecule has 20 heavy (non-hydrogen) atoms. The van der Waals surface area contributed by atoms with Crippen LogP contribution in [0.3, 0.4) is 0 Å². The molecule has 0 unspecified atom stereocenters. The highest BCUT2D eigenvalue weighted by Gasteiger charge is 2.17. The van der Waals surface area contributed by atoms with Gasteiger partial charge in [0, 0.05) is 7.05 Å². The first-order valence-electron chi connectivity index (χ1n) is 6.26. The van der Waals surface area contributed by atoms with E-state index in [1.165, 1.54) is 6.26 Å². The van der Waals surface area contributed by atoms with Gasteiger partial charge in [-0.25, -0.2) is 0 Å². The molecule has 0 atom stereocenters. The maximum atomic E-state index is 12.0. The van der Waals surface area contributed by atoms with Gasteiger partial charge in [-0.15, -0.1) is 0 Å². The Morgan fingerprint density at radius 3 is 2.85 bits per heavy atom. The lowest BCUT2D eigenvalue weighted by Crippen LogP contribution is -2.30. The molecule has 0 N–H and O–H groups in total. The predicted octanol–water partition coefficient (Wildman–Crippen LogP) is 3.39. The van der Waals surface area contributed by atoms with E-state index >= 15 is 0 Å². The Kier molecular flexibility index (Phi) is 4.69. The van der Waals surface area contributed by atoms with E-state index in [0.717, 1.165) is 11.3 Å². The summed E-state index contributed by atoms with van der Waals surface area (Å²) in [6, 6.07) is 9.34. The van der Waals surface area contributed by atoms with E-state index in [4.69, 9.17) is 20.8 Å². The van der Waals surface area contributed by atoms with Crippen molar-refractivity contribution in [3.8, 4) is 5.75 Å². The van der Waals surface area contributed by atoms with Gasteiger partial charge in [-0.2, -0.15) is 0 Å². The lowest BCUT2D eigenvalue weighted by molar-refractivity contribution is 0.0773. The molecule has 0 fully saturated rings. The third-order valence-corrected chi connectivity index (χ3v) is 3.17. The van der Waals surface area contributed by atoms with E-state index in [1.54, 1.807) is 18.0 Å². The van der Waals surface area contributed by atoms with E-state index < -0.39 is 0 Å². The monoisotopic (exact) mass is 293 g/mol. The molecule has 1 amide bonds. The minimum absolute atomic E-state index is 0.112. The number of carbonyl (C=O) groups excluding carboxylic acids is 1. The molecule has 0 bridgehead atoms. The van der Waals surface area contributed by atoms with Crippen LogP contribution < -0.4 is 4.74 Å². The fraction of sp³-hybridized carbons (Fsp3) is 0.267. The van der Waals surface area contributed by atoms with Crippen LogP contribution in [0.4, 0.5) is 0 Å². The normalized spacial score (nSPS) is 10.3. The number of furan rings is 1. The number of hydrogen-bond donors (Lipinski definition) is 0. The van der Waals surface area contributed by atoms with Gasteiger partial charge in [0.15, 0.2) is 0 Å². The van der Waals surface area contributed by atoms with Crippen molar-refractivity contribution in [3.63, 3.8) is 0 Å². The Morgan fingerprint density at radius 2 is 2.20 bits per heavy atom. The summed E-state index contributed by atoms with van der Waals surface area (Å²) in [5, 5.41) is 0.112. The number of rotatable bonds is 5. The molecular formula is C15H16ClNO3. The third kappa shape index (κ3) is 3.54. The fourth-order valence-electron chi connectivity index (χ4n) is 1.76. The summed E-state index contributed by atoms with van der Waals surface area (Å²) >= 11 is 5.78. The number of halogens is 1. The summed E-state index contributed by atoms with van der Waals surface area (Å²) in [4.78, 5) is 13.6. The van der Waals surface area contributed by atoms with Gasteiger partial charge in [0.05, 0.1) is 18.4 Å². The van der Waals surface area contributed by atoms with Crippen molar-refractivity contribution >= 4 is 17.5 Å². The number of hydrogen-bond acceptors (Lipinski definition) is 3. The third-order valence-electron chi connectivity index (χ3n) is 2.88. The second-order valence-electron chi connectivity index (χ2n) is 4.50. The number of carbonyl (C=O) groups is 1. The number of benzene rings is 1. The SMILES string of the molecule is Cc1cccc(OCCN(C)C(=O)c2ccoc2Cl)c1. The molecule has 5 heteroatoms. The topological polar surface area (TPSA) is 42.7 Å². The number of likely N-dealkylation sites (N-methyl/N-ethyl adjacent to an activating group) is 1. The Morgan fingerprint density at radius 1 is 1.40 bits per heavy atom. The molecule has 1 aromatic carbocycles. The van der Waals surface area contributed by atoms with Crippen LogP contribution in [-0.4, -0.2) is 31.0 Å². The van der Waals surface area contributed by atoms with Gasteiger partial charge in [0.1, 0.15) is 12.4 Å². The van der Waals surface area contributed by atoms with Crippen molar-refractivity contribution in [1.29, 1.82) is 0 Å². The molecule has 1 heterocycles. The molecule has 0 saturated heterocycles. The largest absolute Gasteiger partial charge is 0.492 e. The summed E-state index contributed by atoms with van der Waals surface area (Å²) in [7, 11) is 1.70. The van der Waals surface area contributed by atoms with Crippen LogP contribution in [0.1, 0.15) is 15.9 Å². The van der Waals surface area contributed by atoms with Crippen molar-refractivity contribution in [3.05, 3.63) is 52.9 Å². The molecule has 2 aromatic rings. The molecule has 0 aliphatic heterocycles. The first-order chi connectivity index (χ1) is 9.58. The Hall–Kier alpha value is -1.94. The van der Waals surface area contributed by atoms with Gasteiger partial charge in [0.2, 0.25) is 5.22 Å². The van der Waals surface area contributed by atoms with E-state index in [-0.39, 0.29) is 11.1 Å². The molecule has 1 aromatic heterocycles. The maximum absolute atomic E-state index is 12.0. The second kappa shape index (κ2) is 6.48. The van der Waals surface area contributed by atoms with Crippen molar-refractivity contribution < 1.29 is 13.9 Å². The van der Waals surface area contributed by atoms with Crippen molar-refractivity contribution in [1.82, 2.24) is 4.90 Å². The molecule has 0 spiro atoms. The first-order valence-corrected chi connectivity index (χ1v) is 6.63. The lowest BCUT2D eigenvalue weighted by Gasteiger charge is -2.17. The van der Waals surface area contributed by atoms with Gasteiger partial charge < -0.3 is 14.1 Å². The summed E-state index contributed by atoms with van der Waals surface area (Å²) in [6.07, 6.45) is 1.40. The standard InChI is InChI=1S/C15H16ClNO3/c1-11-4-3-5-12(10-11)19-9-7-17(2)15(18)13-6-8-20-14(13)16/h3-6,8,10H,7,9H2,1-2H3. The van der Waals surface area contributed by atoms with E-state index in [0.29, 0.717) is 18.7 Å². The second-order valence-corrected chi connectivity index (χ2v) is 4.84. The molecule has 2 rings (SSSR count). The average Bonchev–Trinajstić information content (AvgIpc) is 2.84. The zero-order valence-electron chi connectivity index (χ0n) is 11.4. The highest BCUT2D eigenvalue weighted by atomic mass is 35.5. The van der Waals surface area contributed by atoms with Crippen molar-refractivity contribution in [2.45, 2.75) is 6.92 Å². The number of aryl methyl sites for hydroxylation is 1. The summed E-state index contributed by atoms with van der Waals surface area (Å²) in [6.45, 7) is 2.89. The first kappa shape index (κ1) is 14.5. The lowest BCUT2D eigenvalue weighted by atomic mass is 10.2. The zero-order valence-corrected chi connectivity index (χ0v) is 12.2. The van der Waals surface area contributed by atoms with Gasteiger partial charge in [-0.05, 0) is 42.3 Å². The summed E-state index contributed by atoms with van der Waals surface area (Å²) in [5.74, 6) is 0.615. The molecular weight excluding hydrogens is 278 g/mol. The van der Waals surface area contributed by atoms with Crippen LogP contribution in [0.5, 0.6) is 5.75 Å². The zero-order chi connectivity index (χ0) is 14.5. The van der Waals surface area contributed by atoms with Crippen LogP contribution in [0.2, 0.25) is 5.22 Å². The molecule has 0 aliphatic carbocycles. The van der Waals surface area contributed by atoms with E-state index in [1.807, 2.05) is 31.2 Å². The highest BCUT2D eigenvalue weighted by molar-refractivity contribution is 6.32. The average molecular weight is 294 g/mol. The Balaban J connectivity index is 1.85. The van der Waals surface area contributed by atoms with E-state index in [2.05, 4.69) is 0 Å². The minimum Gasteiger partial charge on any atom is -0.492 e. The van der Waals surface area contributed by atoms with E-state index in [9.17, 15) is 4.79 Å². The molecule has 0 radical (unpaired) electrons. The van der Waals surface area contributed by atoms with Crippen LogP contribution in [0.25, 0.3) is 0 Å². The van der Waals surface area contributed by atoms with Crippen LogP contribution >= 0.6 is 11.6 Å². The van der Waals surface area contributed by atoms with Crippen molar-refractivity contribution in [2.75, 3.05) is 20.2 Å². The smallest absolute Gasteiger partial charge is 0.258 e. The summed E-state index contributed by atoms with van der Waals surface area (Å²) < 4.78 is 10.5. The van der Waals surface area contributed by atoms with Crippen LogP contribution in [-0.2, 0) is 0 Å².